The van der Waals surface area contributed by atoms with Crippen molar-refractivity contribution in [2.24, 2.45) is 0 Å². The molecule has 2 heterocycles. The molecule has 0 spiro atoms. The fourth-order valence-electron chi connectivity index (χ4n) is 2.07. The molecule has 3 rings (SSSR count). The fourth-order valence-corrected chi connectivity index (χ4v) is 2.07. The third kappa shape index (κ3) is 2.63. The smallest absolute Gasteiger partial charge is 0.275 e. The van der Waals surface area contributed by atoms with E-state index in [0.717, 1.165) is 4.52 Å². The number of benzene rings is 1. The van der Waals surface area contributed by atoms with Gasteiger partial charge < -0.3 is 20.1 Å². The van der Waals surface area contributed by atoms with Gasteiger partial charge in [0, 0.05) is 23.5 Å². The zero-order valence-corrected chi connectivity index (χ0v) is 12.1. The summed E-state index contributed by atoms with van der Waals surface area (Å²) in [6.07, 6.45) is -1.15. The first-order valence-electron chi connectivity index (χ1n) is 6.62. The van der Waals surface area contributed by atoms with Gasteiger partial charge in [-0.25, -0.2) is 0 Å². The van der Waals surface area contributed by atoms with Gasteiger partial charge in [-0.1, -0.05) is 6.07 Å². The molecule has 0 saturated heterocycles. The maximum atomic E-state index is 11.8. The van der Waals surface area contributed by atoms with Crippen LogP contribution < -0.4 is 15.6 Å². The molecule has 0 aliphatic heterocycles. The average molecular weight is 301 g/mol. The maximum absolute atomic E-state index is 11.8. The summed E-state index contributed by atoms with van der Waals surface area (Å²) in [5, 5.41) is 17.1. The molecule has 0 bridgehead atoms. The van der Waals surface area contributed by atoms with Crippen molar-refractivity contribution < 1.29 is 9.84 Å². The number of anilines is 1. The molecule has 1 unspecified atom stereocenters. The Labute approximate surface area is 125 Å². The van der Waals surface area contributed by atoms with Crippen molar-refractivity contribution in [2.45, 2.75) is 13.2 Å². The molecule has 0 saturated carbocycles. The van der Waals surface area contributed by atoms with Gasteiger partial charge in [0.05, 0.1) is 7.11 Å². The summed E-state index contributed by atoms with van der Waals surface area (Å²) >= 11 is 0. The number of hydrogen-bond donors (Lipinski definition) is 3. The van der Waals surface area contributed by atoms with E-state index in [-0.39, 0.29) is 17.2 Å². The summed E-state index contributed by atoms with van der Waals surface area (Å²) < 4.78 is 6.23. The van der Waals surface area contributed by atoms with Crippen LogP contribution in [0.2, 0.25) is 0 Å². The second-order valence-electron chi connectivity index (χ2n) is 4.77. The lowest BCUT2D eigenvalue weighted by molar-refractivity contribution is 0.198. The second-order valence-corrected chi connectivity index (χ2v) is 4.77. The lowest BCUT2D eigenvalue weighted by atomic mass is 10.3. The Morgan fingerprint density at radius 1 is 1.41 bits per heavy atom. The van der Waals surface area contributed by atoms with Crippen molar-refractivity contribution in [3.8, 4) is 5.75 Å². The summed E-state index contributed by atoms with van der Waals surface area (Å²) in [5.41, 5.74) is 1.01. The van der Waals surface area contributed by atoms with Crippen LogP contribution >= 0.6 is 0 Å². The van der Waals surface area contributed by atoms with E-state index in [1.807, 2.05) is 0 Å². The monoisotopic (exact) mass is 301 g/mol. The molecule has 0 amide bonds. The van der Waals surface area contributed by atoms with E-state index in [9.17, 15) is 9.90 Å². The zero-order valence-electron chi connectivity index (χ0n) is 12.1. The lowest BCUT2D eigenvalue weighted by Gasteiger charge is -2.11. The number of H-pyrrole nitrogens is 1. The molecule has 2 aromatic heterocycles. The Balaban J connectivity index is 1.90. The molecule has 0 radical (unpaired) electrons. The van der Waals surface area contributed by atoms with Crippen molar-refractivity contribution in [1.82, 2.24) is 19.6 Å². The van der Waals surface area contributed by atoms with E-state index in [0.29, 0.717) is 17.1 Å². The summed E-state index contributed by atoms with van der Waals surface area (Å²) in [7, 11) is 1.56. The number of aromatic nitrogens is 4. The SMILES string of the molecule is COc1cccc(NC(O)c2nc3[nH]c(C)cc(=O)n3n2)c1. The van der Waals surface area contributed by atoms with Gasteiger partial charge >= 0.3 is 0 Å². The number of hydrogen-bond acceptors (Lipinski definition) is 6. The van der Waals surface area contributed by atoms with E-state index in [1.165, 1.54) is 6.07 Å². The predicted octanol–water partition coefficient (Wildman–Crippen LogP) is 0.838. The van der Waals surface area contributed by atoms with Crippen molar-refractivity contribution >= 4 is 11.5 Å². The predicted molar refractivity (Wildman–Crippen MR) is 79.9 cm³/mol. The van der Waals surface area contributed by atoms with Gasteiger partial charge in [-0.2, -0.15) is 9.50 Å². The number of aromatic amines is 1. The van der Waals surface area contributed by atoms with E-state index in [1.54, 1.807) is 38.3 Å². The number of ether oxygens (including phenoxy) is 1. The highest BCUT2D eigenvalue weighted by atomic mass is 16.5. The minimum atomic E-state index is -1.15. The molecule has 0 fully saturated rings. The van der Waals surface area contributed by atoms with Gasteiger partial charge in [0.1, 0.15) is 5.75 Å². The van der Waals surface area contributed by atoms with Crippen LogP contribution in [0.5, 0.6) is 5.75 Å². The topological polar surface area (TPSA) is 105 Å². The first-order chi connectivity index (χ1) is 10.6. The Morgan fingerprint density at radius 2 is 2.23 bits per heavy atom. The standard InChI is InChI=1S/C14H15N5O3/c1-8-6-11(20)19-14(15-8)17-12(18-19)13(21)16-9-4-3-5-10(7-9)22-2/h3-7,13,16,21H,1-2H3,(H,15,17,18). The van der Waals surface area contributed by atoms with E-state index >= 15 is 0 Å². The number of aryl methyl sites for hydroxylation is 1. The quantitative estimate of drug-likeness (QED) is 0.617. The summed E-state index contributed by atoms with van der Waals surface area (Å²) in [6, 6.07) is 8.50. The highest BCUT2D eigenvalue weighted by Crippen LogP contribution is 2.20. The number of aliphatic hydroxyl groups is 1. The zero-order chi connectivity index (χ0) is 15.7. The Morgan fingerprint density at radius 3 is 3.00 bits per heavy atom. The van der Waals surface area contributed by atoms with Crippen molar-refractivity contribution in [1.29, 1.82) is 0 Å². The highest BCUT2D eigenvalue weighted by Gasteiger charge is 2.15. The summed E-state index contributed by atoms with van der Waals surface area (Å²) in [5.74, 6) is 1.04. The fraction of sp³-hybridized carbons (Fsp3) is 0.214. The molecule has 1 aromatic carbocycles. The van der Waals surface area contributed by atoms with Crippen LogP contribution in [0.4, 0.5) is 5.69 Å². The molecule has 114 valence electrons. The molecule has 1 atom stereocenters. The van der Waals surface area contributed by atoms with E-state index in [2.05, 4.69) is 20.4 Å². The molecule has 3 aromatic rings. The molecule has 8 heteroatoms. The van der Waals surface area contributed by atoms with Crippen LogP contribution in [0.25, 0.3) is 5.78 Å². The van der Waals surface area contributed by atoms with Crippen molar-refractivity contribution in [3.05, 3.63) is 52.2 Å². The molecule has 8 nitrogen and oxygen atoms in total. The number of aliphatic hydroxyl groups excluding tert-OH is 1. The van der Waals surface area contributed by atoms with Crippen LogP contribution in [0.1, 0.15) is 17.7 Å². The van der Waals surface area contributed by atoms with Gasteiger partial charge in [-0.05, 0) is 19.1 Å². The number of methoxy groups -OCH3 is 1. The van der Waals surface area contributed by atoms with Crippen LogP contribution in [-0.2, 0) is 0 Å². The van der Waals surface area contributed by atoms with E-state index < -0.39 is 6.23 Å². The first-order valence-corrected chi connectivity index (χ1v) is 6.62. The number of fused-ring (bicyclic) bond motifs is 1. The third-order valence-corrected chi connectivity index (χ3v) is 3.10. The van der Waals surface area contributed by atoms with Gasteiger partial charge in [-0.15, -0.1) is 5.10 Å². The van der Waals surface area contributed by atoms with Crippen LogP contribution in [0.15, 0.2) is 35.1 Å². The lowest BCUT2D eigenvalue weighted by Crippen LogP contribution is -2.16. The molecular weight excluding hydrogens is 286 g/mol. The van der Waals surface area contributed by atoms with Gasteiger partial charge in [0.2, 0.25) is 11.6 Å². The van der Waals surface area contributed by atoms with Crippen molar-refractivity contribution in [2.75, 3.05) is 12.4 Å². The number of rotatable bonds is 4. The molecule has 0 aliphatic carbocycles. The molecule has 0 aliphatic rings. The Kier molecular flexibility index (Phi) is 3.51. The average Bonchev–Trinajstić information content (AvgIpc) is 2.92. The largest absolute Gasteiger partial charge is 0.497 e. The number of nitrogens with zero attached hydrogens (tertiary/aromatic N) is 3. The third-order valence-electron chi connectivity index (χ3n) is 3.10. The van der Waals surface area contributed by atoms with Gasteiger partial charge in [-0.3, -0.25) is 4.79 Å². The van der Waals surface area contributed by atoms with Crippen molar-refractivity contribution in [3.63, 3.8) is 0 Å². The highest BCUT2D eigenvalue weighted by molar-refractivity contribution is 5.49. The maximum Gasteiger partial charge on any atom is 0.275 e. The van der Waals surface area contributed by atoms with E-state index in [4.69, 9.17) is 4.74 Å². The molecular formula is C14H15N5O3. The minimum absolute atomic E-state index is 0.0989. The van der Waals surface area contributed by atoms with Crippen LogP contribution in [0, 0.1) is 6.92 Å². The molecule has 22 heavy (non-hydrogen) atoms. The first kappa shape index (κ1) is 14.1. The summed E-state index contributed by atoms with van der Waals surface area (Å²) in [6.45, 7) is 1.75. The Hall–Kier alpha value is -2.87. The Bertz CT molecular complexity index is 870. The van der Waals surface area contributed by atoms with Crippen LogP contribution in [-0.4, -0.2) is 31.8 Å². The minimum Gasteiger partial charge on any atom is -0.497 e. The second kappa shape index (κ2) is 5.49. The number of nitrogens with one attached hydrogen (secondary N) is 2. The molecule has 3 N–H and O–H groups in total. The van der Waals surface area contributed by atoms with Crippen LogP contribution in [0.3, 0.4) is 0 Å². The summed E-state index contributed by atoms with van der Waals surface area (Å²) in [4.78, 5) is 18.8. The van der Waals surface area contributed by atoms with Gasteiger partial charge in [0.25, 0.3) is 5.56 Å². The normalized spacial score (nSPS) is 12.3. The van der Waals surface area contributed by atoms with Gasteiger partial charge in [0.15, 0.2) is 6.23 Å².